The molecule has 2 nitrogen and oxygen atoms in total. The maximum atomic E-state index is 6.07. The summed E-state index contributed by atoms with van der Waals surface area (Å²) >= 11 is 1.75. The lowest BCUT2D eigenvalue weighted by Crippen LogP contribution is -2.41. The third-order valence-corrected chi connectivity index (χ3v) is 4.96. The van der Waals surface area contributed by atoms with E-state index in [0.29, 0.717) is 0 Å². The molecule has 1 aromatic rings. The second-order valence-electron chi connectivity index (χ2n) is 6.22. The first-order chi connectivity index (χ1) is 9.27. The zero-order valence-corrected chi connectivity index (χ0v) is 14.0. The Hall–Kier alpha value is -0.705. The largest absolute Gasteiger partial charge is 0.490 e. The number of allylic oxidation sites excluding steroid dienone is 1. The lowest BCUT2D eigenvalue weighted by atomic mass is 9.78. The molecule has 0 amide bonds. The molecule has 1 aliphatic rings. The van der Waals surface area contributed by atoms with Crippen LogP contribution < -0.4 is 0 Å². The van der Waals surface area contributed by atoms with E-state index in [2.05, 4.69) is 71.2 Å². The highest BCUT2D eigenvalue weighted by atomic mass is 32.2. The Kier molecular flexibility index (Phi) is 4.38. The minimum atomic E-state index is -0.286. The monoisotopic (exact) mass is 290 g/mol. The van der Waals surface area contributed by atoms with Crippen LogP contribution in [0.5, 0.6) is 0 Å². The van der Waals surface area contributed by atoms with E-state index in [9.17, 15) is 0 Å². The lowest BCUT2D eigenvalue weighted by molar-refractivity contribution is 0.00578. The molecular formula is C16H23BO2S. The molecule has 4 heteroatoms. The van der Waals surface area contributed by atoms with E-state index in [1.165, 1.54) is 10.5 Å². The molecule has 0 spiro atoms. The predicted molar refractivity (Wildman–Crippen MR) is 88.0 cm³/mol. The average Bonchev–Trinajstić information content (AvgIpc) is 2.59. The molecule has 0 unspecified atom stereocenters. The van der Waals surface area contributed by atoms with Crippen LogP contribution in [-0.4, -0.2) is 24.6 Å². The molecule has 2 rings (SSSR count). The van der Waals surface area contributed by atoms with Crippen LogP contribution in [-0.2, 0) is 9.31 Å². The van der Waals surface area contributed by atoms with Crippen molar-refractivity contribution in [1.29, 1.82) is 0 Å². The molecule has 1 saturated heterocycles. The highest BCUT2D eigenvalue weighted by Gasteiger charge is 2.51. The van der Waals surface area contributed by atoms with E-state index in [-0.39, 0.29) is 18.3 Å². The maximum Gasteiger partial charge on any atom is 0.490 e. The van der Waals surface area contributed by atoms with E-state index in [1.54, 1.807) is 11.8 Å². The quantitative estimate of drug-likeness (QED) is 0.605. The SMILES string of the molecule is CSc1ccccc1C=C(C)B1OC(C)(C)C(C)(C)O1. The molecule has 1 aromatic carbocycles. The van der Waals surface area contributed by atoms with Gasteiger partial charge in [0, 0.05) is 4.90 Å². The normalized spacial score (nSPS) is 21.3. The van der Waals surface area contributed by atoms with Gasteiger partial charge in [-0.3, -0.25) is 0 Å². The van der Waals surface area contributed by atoms with Crippen molar-refractivity contribution in [3.63, 3.8) is 0 Å². The van der Waals surface area contributed by atoms with Gasteiger partial charge in [0.05, 0.1) is 11.2 Å². The van der Waals surface area contributed by atoms with E-state index in [4.69, 9.17) is 9.31 Å². The molecule has 0 N–H and O–H groups in total. The standard InChI is InChI=1S/C16H23BO2S/c1-12(11-13-9-7-8-10-14(13)20-6)17-18-15(2,3)16(4,5)19-17/h7-11H,1-6H3. The van der Waals surface area contributed by atoms with Crippen LogP contribution in [0, 0.1) is 0 Å². The molecule has 0 aliphatic carbocycles. The fourth-order valence-electron chi connectivity index (χ4n) is 2.13. The number of benzene rings is 1. The number of thioether (sulfide) groups is 1. The Labute approximate surface area is 127 Å². The Morgan fingerprint density at radius 1 is 1.10 bits per heavy atom. The zero-order chi connectivity index (χ0) is 15.0. The topological polar surface area (TPSA) is 18.5 Å². The summed E-state index contributed by atoms with van der Waals surface area (Å²) in [5, 5.41) is 0. The van der Waals surface area contributed by atoms with E-state index in [1.807, 2.05) is 0 Å². The van der Waals surface area contributed by atoms with Gasteiger partial charge >= 0.3 is 7.12 Å². The van der Waals surface area contributed by atoms with Gasteiger partial charge in [0.15, 0.2) is 0 Å². The Balaban J connectivity index is 2.24. The average molecular weight is 290 g/mol. The van der Waals surface area contributed by atoms with E-state index in [0.717, 1.165) is 5.47 Å². The molecule has 1 fully saturated rings. The molecule has 0 bridgehead atoms. The van der Waals surface area contributed by atoms with Gasteiger partial charge in [-0.2, -0.15) is 0 Å². The summed E-state index contributed by atoms with van der Waals surface area (Å²) in [7, 11) is -0.269. The number of hydrogen-bond donors (Lipinski definition) is 0. The third kappa shape index (κ3) is 2.97. The van der Waals surface area contributed by atoms with Crippen molar-refractivity contribution in [2.75, 3.05) is 6.26 Å². The fourth-order valence-corrected chi connectivity index (χ4v) is 2.71. The van der Waals surface area contributed by atoms with Gasteiger partial charge in [0.25, 0.3) is 0 Å². The van der Waals surface area contributed by atoms with Gasteiger partial charge in [-0.1, -0.05) is 24.3 Å². The first-order valence-corrected chi connectivity index (χ1v) is 8.16. The molecule has 0 radical (unpaired) electrons. The van der Waals surface area contributed by atoms with E-state index >= 15 is 0 Å². The summed E-state index contributed by atoms with van der Waals surface area (Å²) in [6, 6.07) is 8.38. The summed E-state index contributed by atoms with van der Waals surface area (Å²) in [5.41, 5.74) is 1.75. The Morgan fingerprint density at radius 3 is 2.20 bits per heavy atom. The third-order valence-electron chi connectivity index (χ3n) is 4.15. The highest BCUT2D eigenvalue weighted by Crippen LogP contribution is 2.38. The minimum absolute atomic E-state index is 0.269. The Morgan fingerprint density at radius 2 is 1.65 bits per heavy atom. The van der Waals surface area contributed by atoms with Crippen molar-refractivity contribution in [2.24, 2.45) is 0 Å². The van der Waals surface area contributed by atoms with Gasteiger partial charge < -0.3 is 9.31 Å². The zero-order valence-electron chi connectivity index (χ0n) is 13.2. The van der Waals surface area contributed by atoms with Gasteiger partial charge in [-0.25, -0.2) is 0 Å². The van der Waals surface area contributed by atoms with Crippen molar-refractivity contribution < 1.29 is 9.31 Å². The molecule has 1 aliphatic heterocycles. The van der Waals surface area contributed by atoms with Crippen LogP contribution in [0.4, 0.5) is 0 Å². The second kappa shape index (κ2) is 5.59. The summed E-state index contributed by atoms with van der Waals surface area (Å²) in [6.07, 6.45) is 4.25. The number of rotatable bonds is 3. The van der Waals surface area contributed by atoms with Gasteiger partial charge in [-0.05, 0) is 58.0 Å². The minimum Gasteiger partial charge on any atom is -0.400 e. The molecule has 0 aromatic heterocycles. The van der Waals surface area contributed by atoms with Gasteiger partial charge in [0.2, 0.25) is 0 Å². The van der Waals surface area contributed by atoms with E-state index < -0.39 is 0 Å². The summed E-state index contributed by atoms with van der Waals surface area (Å²) in [4.78, 5) is 1.27. The summed E-state index contributed by atoms with van der Waals surface area (Å²) in [5.74, 6) is 0. The van der Waals surface area contributed by atoms with Crippen molar-refractivity contribution in [2.45, 2.75) is 50.7 Å². The lowest BCUT2D eigenvalue weighted by Gasteiger charge is -2.32. The highest BCUT2D eigenvalue weighted by molar-refractivity contribution is 7.98. The fraction of sp³-hybridized carbons (Fsp3) is 0.500. The van der Waals surface area contributed by atoms with Crippen LogP contribution >= 0.6 is 11.8 Å². The predicted octanol–water partition coefficient (Wildman–Crippen LogP) is 4.44. The van der Waals surface area contributed by atoms with Crippen molar-refractivity contribution in [3.05, 3.63) is 35.3 Å². The van der Waals surface area contributed by atoms with Crippen LogP contribution in [0.1, 0.15) is 40.2 Å². The summed E-state index contributed by atoms with van der Waals surface area (Å²) in [6.45, 7) is 10.4. The first-order valence-electron chi connectivity index (χ1n) is 6.94. The molecule has 0 atom stereocenters. The van der Waals surface area contributed by atoms with Crippen LogP contribution in [0.3, 0.4) is 0 Å². The second-order valence-corrected chi connectivity index (χ2v) is 7.07. The van der Waals surface area contributed by atoms with Gasteiger partial charge in [-0.15, -0.1) is 11.8 Å². The maximum absolute atomic E-state index is 6.07. The number of hydrogen-bond acceptors (Lipinski definition) is 3. The van der Waals surface area contributed by atoms with Gasteiger partial charge in [0.1, 0.15) is 0 Å². The smallest absolute Gasteiger partial charge is 0.400 e. The summed E-state index contributed by atoms with van der Waals surface area (Å²) < 4.78 is 12.1. The van der Waals surface area contributed by atoms with Crippen molar-refractivity contribution in [3.8, 4) is 0 Å². The van der Waals surface area contributed by atoms with Crippen LogP contribution in [0.25, 0.3) is 6.08 Å². The van der Waals surface area contributed by atoms with Crippen molar-refractivity contribution in [1.82, 2.24) is 0 Å². The molecule has 20 heavy (non-hydrogen) atoms. The molecule has 0 saturated carbocycles. The molecule has 1 heterocycles. The van der Waals surface area contributed by atoms with Crippen molar-refractivity contribution >= 4 is 25.0 Å². The molecular weight excluding hydrogens is 267 g/mol. The first kappa shape index (κ1) is 15.7. The van der Waals surface area contributed by atoms with Crippen LogP contribution in [0.2, 0.25) is 0 Å². The molecule has 108 valence electrons. The van der Waals surface area contributed by atoms with Crippen LogP contribution in [0.15, 0.2) is 34.6 Å². The Bertz CT molecular complexity index is 507.